The largest absolute Gasteiger partial charge is 0.497 e. The van der Waals surface area contributed by atoms with Crippen molar-refractivity contribution in [1.82, 2.24) is 0 Å². The van der Waals surface area contributed by atoms with Crippen molar-refractivity contribution >= 4 is 0 Å². The molecule has 0 N–H and O–H groups in total. The molecule has 0 fully saturated rings. The van der Waals surface area contributed by atoms with Crippen LogP contribution in [0.5, 0.6) is 0 Å². The summed E-state index contributed by atoms with van der Waals surface area (Å²) in [4.78, 5) is 0. The monoisotopic (exact) mass is 176 g/mol. The minimum absolute atomic E-state index is 0.523. The molecule has 68 valence electrons. The van der Waals surface area contributed by atoms with E-state index in [0.29, 0.717) is 13.0 Å². The molecule has 0 spiro atoms. The maximum Gasteiger partial charge on any atom is 0.110 e. The van der Waals surface area contributed by atoms with Crippen LogP contribution in [0.3, 0.4) is 0 Å². The molecule has 3 nitrogen and oxygen atoms in total. The number of unbranched alkanes of at least 4 members (excludes halogenated alkanes) is 1. The van der Waals surface area contributed by atoms with Gasteiger partial charge in [-0.3, -0.25) is 0 Å². The number of allylic oxidation sites excluding steroid dienone is 2. The van der Waals surface area contributed by atoms with Crippen LogP contribution in [0.2, 0.25) is 0 Å². The Kier molecular flexibility index (Phi) is 3.85. The lowest BCUT2D eigenvalue weighted by Gasteiger charge is -2.05. The van der Waals surface area contributed by atoms with E-state index >= 15 is 0 Å². The standard InChI is InChI=1S/C10H12N2O/c11-6-1-2-7-13-10-5-3-4-9(10)8-12/h1-5,7H2. The molecule has 0 saturated carbocycles. The molecule has 0 bridgehead atoms. The normalized spacial score (nSPS) is 15.2. The summed E-state index contributed by atoms with van der Waals surface area (Å²) in [5.41, 5.74) is 0.789. The van der Waals surface area contributed by atoms with Crippen LogP contribution in [-0.2, 0) is 4.74 Å². The van der Waals surface area contributed by atoms with E-state index in [1.165, 1.54) is 0 Å². The summed E-state index contributed by atoms with van der Waals surface area (Å²) in [6.45, 7) is 0.564. The van der Waals surface area contributed by atoms with Crippen LogP contribution in [-0.4, -0.2) is 6.61 Å². The predicted molar refractivity (Wildman–Crippen MR) is 47.3 cm³/mol. The first-order chi connectivity index (χ1) is 6.38. The van der Waals surface area contributed by atoms with Crippen molar-refractivity contribution in [2.75, 3.05) is 6.61 Å². The van der Waals surface area contributed by atoms with Crippen molar-refractivity contribution in [1.29, 1.82) is 10.5 Å². The van der Waals surface area contributed by atoms with E-state index in [1.54, 1.807) is 0 Å². The lowest BCUT2D eigenvalue weighted by molar-refractivity contribution is 0.202. The third-order valence-electron chi connectivity index (χ3n) is 2.01. The van der Waals surface area contributed by atoms with Crippen LogP contribution in [0.1, 0.15) is 32.1 Å². The third kappa shape index (κ3) is 2.80. The molecule has 1 aliphatic carbocycles. The number of nitrogens with zero attached hydrogens (tertiary/aromatic N) is 2. The van der Waals surface area contributed by atoms with Gasteiger partial charge in [0, 0.05) is 12.8 Å². The summed E-state index contributed by atoms with van der Waals surface area (Å²) < 4.78 is 5.41. The van der Waals surface area contributed by atoms with Gasteiger partial charge in [0.15, 0.2) is 0 Å². The average Bonchev–Trinajstić information content (AvgIpc) is 2.60. The molecule has 0 saturated heterocycles. The molecule has 0 radical (unpaired) electrons. The molecule has 0 aromatic carbocycles. The summed E-state index contributed by atoms with van der Waals surface area (Å²) >= 11 is 0. The van der Waals surface area contributed by atoms with E-state index in [9.17, 15) is 0 Å². The highest BCUT2D eigenvalue weighted by molar-refractivity contribution is 5.28. The molecule has 13 heavy (non-hydrogen) atoms. The number of hydrogen-bond acceptors (Lipinski definition) is 3. The Bertz CT molecular complexity index is 280. The van der Waals surface area contributed by atoms with E-state index in [4.69, 9.17) is 15.3 Å². The maximum absolute atomic E-state index is 8.70. The molecular formula is C10H12N2O. The van der Waals surface area contributed by atoms with Crippen molar-refractivity contribution in [2.45, 2.75) is 32.1 Å². The number of ether oxygens (including phenoxy) is 1. The summed E-state index contributed by atoms with van der Waals surface area (Å²) in [7, 11) is 0. The fourth-order valence-corrected chi connectivity index (χ4v) is 1.34. The molecular weight excluding hydrogens is 164 g/mol. The van der Waals surface area contributed by atoms with Crippen molar-refractivity contribution in [2.24, 2.45) is 0 Å². The van der Waals surface area contributed by atoms with Gasteiger partial charge < -0.3 is 4.74 Å². The second kappa shape index (κ2) is 5.22. The minimum atomic E-state index is 0.523. The van der Waals surface area contributed by atoms with Crippen LogP contribution in [0, 0.1) is 22.7 Å². The van der Waals surface area contributed by atoms with E-state index in [1.807, 2.05) is 0 Å². The first-order valence-corrected chi connectivity index (χ1v) is 4.50. The topological polar surface area (TPSA) is 56.8 Å². The lowest BCUT2D eigenvalue weighted by atomic mass is 10.2. The zero-order chi connectivity index (χ0) is 9.52. The first kappa shape index (κ1) is 9.61. The summed E-state index contributed by atoms with van der Waals surface area (Å²) in [5.74, 6) is 0.848. The number of rotatable bonds is 4. The summed E-state index contributed by atoms with van der Waals surface area (Å²) in [6, 6.07) is 4.20. The van der Waals surface area contributed by atoms with E-state index < -0.39 is 0 Å². The number of hydrogen-bond donors (Lipinski definition) is 0. The van der Waals surface area contributed by atoms with Crippen LogP contribution in [0.4, 0.5) is 0 Å². The van der Waals surface area contributed by atoms with Crippen molar-refractivity contribution in [3.63, 3.8) is 0 Å². The van der Waals surface area contributed by atoms with Crippen LogP contribution < -0.4 is 0 Å². The van der Waals surface area contributed by atoms with Gasteiger partial charge in [-0.25, -0.2) is 0 Å². The number of nitriles is 2. The minimum Gasteiger partial charge on any atom is -0.497 e. The fraction of sp³-hybridized carbons (Fsp3) is 0.600. The van der Waals surface area contributed by atoms with Gasteiger partial charge >= 0.3 is 0 Å². The maximum atomic E-state index is 8.70. The molecule has 1 aliphatic rings. The Balaban J connectivity index is 2.29. The van der Waals surface area contributed by atoms with Crippen LogP contribution in [0.15, 0.2) is 11.3 Å². The van der Waals surface area contributed by atoms with Gasteiger partial charge in [0.25, 0.3) is 0 Å². The first-order valence-electron chi connectivity index (χ1n) is 4.50. The smallest absolute Gasteiger partial charge is 0.110 e. The van der Waals surface area contributed by atoms with Gasteiger partial charge in [-0.1, -0.05) is 0 Å². The van der Waals surface area contributed by atoms with Crippen LogP contribution in [0.25, 0.3) is 0 Å². The van der Waals surface area contributed by atoms with Crippen molar-refractivity contribution in [3.05, 3.63) is 11.3 Å². The van der Waals surface area contributed by atoms with Gasteiger partial charge in [-0.2, -0.15) is 10.5 Å². The van der Waals surface area contributed by atoms with E-state index in [2.05, 4.69) is 12.1 Å². The molecule has 0 heterocycles. The zero-order valence-corrected chi connectivity index (χ0v) is 7.55. The lowest BCUT2D eigenvalue weighted by Crippen LogP contribution is -1.94. The Morgan fingerprint density at radius 3 is 2.85 bits per heavy atom. The van der Waals surface area contributed by atoms with Gasteiger partial charge in [-0.15, -0.1) is 0 Å². The van der Waals surface area contributed by atoms with Crippen molar-refractivity contribution in [3.8, 4) is 12.1 Å². The Hall–Kier alpha value is -1.48. The van der Waals surface area contributed by atoms with Crippen LogP contribution >= 0.6 is 0 Å². The van der Waals surface area contributed by atoms with Gasteiger partial charge in [0.05, 0.1) is 24.3 Å². The molecule has 3 heteroatoms. The van der Waals surface area contributed by atoms with Gasteiger partial charge in [0.1, 0.15) is 5.76 Å². The second-order valence-electron chi connectivity index (χ2n) is 2.98. The average molecular weight is 176 g/mol. The second-order valence-corrected chi connectivity index (χ2v) is 2.98. The summed E-state index contributed by atoms with van der Waals surface area (Å²) in [5, 5.41) is 17.0. The highest BCUT2D eigenvalue weighted by Gasteiger charge is 2.14. The predicted octanol–water partition coefficient (Wildman–Crippen LogP) is 2.27. The third-order valence-corrected chi connectivity index (χ3v) is 2.01. The summed E-state index contributed by atoms with van der Waals surface area (Å²) in [6.07, 6.45) is 4.03. The van der Waals surface area contributed by atoms with Gasteiger partial charge in [-0.05, 0) is 19.3 Å². The van der Waals surface area contributed by atoms with E-state index in [0.717, 1.165) is 37.0 Å². The molecule has 0 atom stereocenters. The van der Waals surface area contributed by atoms with E-state index in [-0.39, 0.29) is 0 Å². The van der Waals surface area contributed by atoms with Crippen molar-refractivity contribution < 1.29 is 4.74 Å². The fourth-order valence-electron chi connectivity index (χ4n) is 1.34. The highest BCUT2D eigenvalue weighted by atomic mass is 16.5. The highest BCUT2D eigenvalue weighted by Crippen LogP contribution is 2.26. The molecule has 0 unspecified atom stereocenters. The zero-order valence-electron chi connectivity index (χ0n) is 7.55. The molecule has 1 rings (SSSR count). The molecule has 0 amide bonds. The molecule has 0 aliphatic heterocycles. The quantitative estimate of drug-likeness (QED) is 0.617. The Morgan fingerprint density at radius 2 is 2.15 bits per heavy atom. The molecule has 0 aromatic heterocycles. The Labute approximate surface area is 78.2 Å². The SMILES string of the molecule is N#CCCCOC1=C(C#N)CCC1. The Morgan fingerprint density at radius 1 is 1.31 bits per heavy atom. The molecule has 0 aromatic rings. The van der Waals surface area contributed by atoms with Gasteiger partial charge in [0.2, 0.25) is 0 Å².